The molecule has 3 aromatic carbocycles. The Bertz CT molecular complexity index is 1590. The van der Waals surface area contributed by atoms with Gasteiger partial charge in [-0.2, -0.15) is 5.10 Å². The van der Waals surface area contributed by atoms with Crippen LogP contribution in [0.3, 0.4) is 0 Å². The van der Waals surface area contributed by atoms with Gasteiger partial charge in [0.2, 0.25) is 0 Å². The van der Waals surface area contributed by atoms with Crippen molar-refractivity contribution in [1.82, 2.24) is 14.8 Å². The average Bonchev–Trinajstić information content (AvgIpc) is 3.54. The summed E-state index contributed by atoms with van der Waals surface area (Å²) in [5.41, 5.74) is 2.09. The molecule has 0 radical (unpaired) electrons. The highest BCUT2D eigenvalue weighted by Gasteiger charge is 2.20. The van der Waals surface area contributed by atoms with Gasteiger partial charge in [-0.3, -0.25) is 4.72 Å². The van der Waals surface area contributed by atoms with Crippen molar-refractivity contribution in [2.45, 2.75) is 4.90 Å². The lowest BCUT2D eigenvalue weighted by Gasteiger charge is -2.14. The van der Waals surface area contributed by atoms with Crippen LogP contribution in [0.25, 0.3) is 16.9 Å². The van der Waals surface area contributed by atoms with Crippen molar-refractivity contribution in [3.63, 3.8) is 0 Å². The number of ether oxygens (including phenoxy) is 1. The SMILES string of the molecule is O=S(=O)(Nc1nccs1)c1ccc(Oc2ccc(Cl)cc2-c2ccnn2-c2ccccc2)c(F)c1. The minimum absolute atomic E-state index is 0.146. The number of hydrogen-bond acceptors (Lipinski definition) is 6. The number of hydrogen-bond donors (Lipinski definition) is 1. The van der Waals surface area contributed by atoms with Crippen molar-refractivity contribution in [1.29, 1.82) is 0 Å². The fraction of sp³-hybridized carbons (Fsp3) is 0. The van der Waals surface area contributed by atoms with Crippen LogP contribution >= 0.6 is 22.9 Å². The van der Waals surface area contributed by atoms with Gasteiger partial charge in [0.05, 0.1) is 22.5 Å². The van der Waals surface area contributed by atoms with E-state index in [9.17, 15) is 12.8 Å². The molecule has 2 heterocycles. The van der Waals surface area contributed by atoms with Crippen LogP contribution in [-0.4, -0.2) is 23.2 Å². The van der Waals surface area contributed by atoms with Gasteiger partial charge in [0.25, 0.3) is 10.0 Å². The van der Waals surface area contributed by atoms with Gasteiger partial charge in [-0.25, -0.2) is 22.5 Å². The number of sulfonamides is 1. The summed E-state index contributed by atoms with van der Waals surface area (Å²) < 4.78 is 50.0. The van der Waals surface area contributed by atoms with Crippen LogP contribution < -0.4 is 9.46 Å². The lowest BCUT2D eigenvalue weighted by molar-refractivity contribution is 0.442. The van der Waals surface area contributed by atoms with Crippen molar-refractivity contribution < 1.29 is 17.5 Å². The summed E-state index contributed by atoms with van der Waals surface area (Å²) in [4.78, 5) is 3.63. The molecule has 11 heteroatoms. The molecule has 1 N–H and O–H groups in total. The van der Waals surface area contributed by atoms with Crippen LogP contribution in [0.4, 0.5) is 9.52 Å². The molecule has 7 nitrogen and oxygen atoms in total. The third-order valence-corrected chi connectivity index (χ3v) is 7.34. The zero-order valence-corrected chi connectivity index (χ0v) is 20.2. The number of nitrogens with one attached hydrogen (secondary N) is 1. The van der Waals surface area contributed by atoms with E-state index in [4.69, 9.17) is 16.3 Å². The Balaban J connectivity index is 1.48. The fourth-order valence-corrected chi connectivity index (χ4v) is 5.34. The highest BCUT2D eigenvalue weighted by atomic mass is 35.5. The first-order chi connectivity index (χ1) is 16.9. The first-order valence-electron chi connectivity index (χ1n) is 10.2. The molecule has 5 rings (SSSR count). The Morgan fingerprint density at radius 1 is 0.971 bits per heavy atom. The molecule has 0 spiro atoms. The molecule has 0 aliphatic rings. The van der Waals surface area contributed by atoms with E-state index >= 15 is 0 Å². The Morgan fingerprint density at radius 2 is 1.77 bits per heavy atom. The molecular weight excluding hydrogens is 511 g/mol. The molecule has 0 aliphatic heterocycles. The minimum Gasteiger partial charge on any atom is -0.454 e. The summed E-state index contributed by atoms with van der Waals surface area (Å²) >= 11 is 7.38. The molecular formula is C24H16ClFN4O3S2. The first kappa shape index (κ1) is 23.0. The number of benzene rings is 3. The topological polar surface area (TPSA) is 86.1 Å². The van der Waals surface area contributed by atoms with Gasteiger partial charge >= 0.3 is 0 Å². The number of thiazole rings is 1. The van der Waals surface area contributed by atoms with Crippen LogP contribution in [0.2, 0.25) is 5.02 Å². The third kappa shape index (κ3) is 4.90. The zero-order chi connectivity index (χ0) is 24.4. The summed E-state index contributed by atoms with van der Waals surface area (Å²) in [7, 11) is -4.01. The number of anilines is 1. The van der Waals surface area contributed by atoms with Gasteiger partial charge < -0.3 is 4.74 Å². The van der Waals surface area contributed by atoms with Crippen LogP contribution in [-0.2, 0) is 10.0 Å². The zero-order valence-electron chi connectivity index (χ0n) is 17.8. The summed E-state index contributed by atoms with van der Waals surface area (Å²) in [6.07, 6.45) is 3.11. The minimum atomic E-state index is -4.01. The molecule has 0 fully saturated rings. The van der Waals surface area contributed by atoms with Crippen LogP contribution in [0, 0.1) is 5.82 Å². The molecule has 0 unspecified atom stereocenters. The lowest BCUT2D eigenvalue weighted by Crippen LogP contribution is -2.13. The second-order valence-electron chi connectivity index (χ2n) is 7.24. The van der Waals surface area contributed by atoms with E-state index < -0.39 is 15.8 Å². The van der Waals surface area contributed by atoms with Crippen molar-refractivity contribution in [2.24, 2.45) is 0 Å². The summed E-state index contributed by atoms with van der Waals surface area (Å²) in [5.74, 6) is -0.667. The largest absolute Gasteiger partial charge is 0.454 e. The fourth-order valence-electron chi connectivity index (χ4n) is 3.37. The van der Waals surface area contributed by atoms with Gasteiger partial charge in [-0.1, -0.05) is 29.8 Å². The van der Waals surface area contributed by atoms with Gasteiger partial charge in [-0.05, 0) is 54.6 Å². The van der Waals surface area contributed by atoms with Crippen molar-refractivity contribution >= 4 is 38.1 Å². The van der Waals surface area contributed by atoms with Crippen LogP contribution in [0.5, 0.6) is 11.5 Å². The molecule has 0 bridgehead atoms. The normalized spacial score (nSPS) is 11.4. The maximum absolute atomic E-state index is 15.0. The Hall–Kier alpha value is -3.73. The predicted octanol–water partition coefficient (Wildman–Crippen LogP) is 6.38. The molecule has 5 aromatic rings. The lowest BCUT2D eigenvalue weighted by atomic mass is 10.1. The Morgan fingerprint density at radius 3 is 2.51 bits per heavy atom. The van der Waals surface area contributed by atoms with Crippen molar-refractivity contribution in [2.75, 3.05) is 4.72 Å². The predicted molar refractivity (Wildman–Crippen MR) is 133 cm³/mol. The van der Waals surface area contributed by atoms with Crippen molar-refractivity contribution in [3.8, 4) is 28.4 Å². The summed E-state index contributed by atoms with van der Waals surface area (Å²) in [6.45, 7) is 0. The standard InChI is InChI=1S/C24H16ClFN4O3S2/c25-16-6-8-22(19(14-16)21-10-11-28-30(21)17-4-2-1-3-5-17)33-23-9-7-18(15-20(23)26)35(31,32)29-24-27-12-13-34-24/h1-15H,(H,27,29). The summed E-state index contributed by atoms with van der Waals surface area (Å²) in [5, 5.41) is 6.67. The van der Waals surface area contributed by atoms with Crippen molar-refractivity contribution in [3.05, 3.63) is 101 Å². The number of aromatic nitrogens is 3. The first-order valence-corrected chi connectivity index (χ1v) is 12.9. The van der Waals surface area contributed by atoms with Crippen LogP contribution in [0.1, 0.15) is 0 Å². The highest BCUT2D eigenvalue weighted by Crippen LogP contribution is 2.37. The van der Waals surface area contributed by atoms with E-state index in [1.807, 2.05) is 30.3 Å². The average molecular weight is 527 g/mol. The van der Waals surface area contributed by atoms with E-state index in [-0.39, 0.29) is 15.8 Å². The van der Waals surface area contributed by atoms with E-state index in [0.29, 0.717) is 22.0 Å². The number of para-hydroxylation sites is 1. The molecule has 0 amide bonds. The monoisotopic (exact) mass is 526 g/mol. The van der Waals surface area contributed by atoms with Gasteiger partial charge in [-0.15, -0.1) is 11.3 Å². The smallest absolute Gasteiger partial charge is 0.263 e. The molecule has 0 aliphatic carbocycles. The quantitative estimate of drug-likeness (QED) is 0.266. The van der Waals surface area contributed by atoms with E-state index in [1.165, 1.54) is 18.3 Å². The Labute approximate surface area is 209 Å². The number of nitrogens with zero attached hydrogens (tertiary/aromatic N) is 3. The molecule has 35 heavy (non-hydrogen) atoms. The van der Waals surface area contributed by atoms with Crippen LogP contribution in [0.15, 0.2) is 95.5 Å². The molecule has 2 aromatic heterocycles. The molecule has 0 atom stereocenters. The van der Waals surface area contributed by atoms with E-state index in [1.54, 1.807) is 40.5 Å². The highest BCUT2D eigenvalue weighted by molar-refractivity contribution is 7.93. The number of halogens is 2. The van der Waals surface area contributed by atoms with Gasteiger partial charge in [0, 0.05) is 22.2 Å². The second-order valence-corrected chi connectivity index (χ2v) is 10.3. The molecule has 0 saturated heterocycles. The second kappa shape index (κ2) is 9.49. The van der Waals surface area contributed by atoms with E-state index in [0.717, 1.165) is 23.1 Å². The summed E-state index contributed by atoms with van der Waals surface area (Å²) in [6, 6.07) is 19.7. The van der Waals surface area contributed by atoms with Gasteiger partial charge in [0.1, 0.15) is 5.75 Å². The maximum Gasteiger partial charge on any atom is 0.263 e. The number of rotatable bonds is 7. The van der Waals surface area contributed by atoms with Gasteiger partial charge in [0.15, 0.2) is 16.7 Å². The Kier molecular flexibility index (Phi) is 6.25. The van der Waals surface area contributed by atoms with E-state index in [2.05, 4.69) is 14.8 Å². The maximum atomic E-state index is 15.0. The third-order valence-electron chi connectivity index (χ3n) is 4.95. The molecule has 176 valence electrons. The molecule has 0 saturated carbocycles.